The summed E-state index contributed by atoms with van der Waals surface area (Å²) < 4.78 is 0. The van der Waals surface area contributed by atoms with Gasteiger partial charge < -0.3 is 15.5 Å². The van der Waals surface area contributed by atoms with E-state index < -0.39 is 4.92 Å². The minimum atomic E-state index is -0.461. The molecule has 1 saturated carbocycles. The van der Waals surface area contributed by atoms with Gasteiger partial charge in [-0.1, -0.05) is 18.9 Å². The Morgan fingerprint density at radius 1 is 1.13 bits per heavy atom. The van der Waals surface area contributed by atoms with Gasteiger partial charge in [0.05, 0.1) is 4.92 Å². The van der Waals surface area contributed by atoms with Crippen LogP contribution in [0.4, 0.5) is 17.2 Å². The highest BCUT2D eigenvalue weighted by Crippen LogP contribution is 2.27. The second kappa shape index (κ2) is 9.11. The molecule has 2 aromatic rings. The molecule has 0 spiro atoms. The van der Waals surface area contributed by atoms with Crippen molar-refractivity contribution in [2.24, 2.45) is 0 Å². The van der Waals surface area contributed by atoms with E-state index in [1.807, 2.05) is 18.3 Å². The lowest BCUT2D eigenvalue weighted by Gasteiger charge is -2.21. The number of carbonyl (C=O) groups is 1. The number of hydrogen-bond donors (Lipinski definition) is 2. The van der Waals surface area contributed by atoms with Gasteiger partial charge in [0.2, 0.25) is 0 Å². The third-order valence-electron chi connectivity index (χ3n) is 5.59. The number of nitrogens with zero attached hydrogens (tertiary/aromatic N) is 3. The third-order valence-corrected chi connectivity index (χ3v) is 5.59. The highest BCUT2D eigenvalue weighted by molar-refractivity contribution is 5.96. The number of carbonyl (C=O) groups excluding carboxylic acids is 1. The summed E-state index contributed by atoms with van der Waals surface area (Å²) in [5.74, 6) is 0.720. The fourth-order valence-corrected chi connectivity index (χ4v) is 3.68. The van der Waals surface area contributed by atoms with E-state index in [1.54, 1.807) is 12.1 Å². The first-order valence-electron chi connectivity index (χ1n) is 10.6. The van der Waals surface area contributed by atoms with Crippen LogP contribution in [0.1, 0.15) is 54.4 Å². The summed E-state index contributed by atoms with van der Waals surface area (Å²) in [6, 6.07) is 8.78. The van der Waals surface area contributed by atoms with Gasteiger partial charge >= 0.3 is 0 Å². The van der Waals surface area contributed by atoms with Crippen molar-refractivity contribution < 1.29 is 9.72 Å². The van der Waals surface area contributed by atoms with Gasteiger partial charge in [-0.15, -0.1) is 0 Å². The number of nitro benzene ring substituents is 1. The summed E-state index contributed by atoms with van der Waals surface area (Å²) in [5.41, 5.74) is 1.54. The number of amides is 1. The van der Waals surface area contributed by atoms with Gasteiger partial charge in [0, 0.05) is 43.5 Å². The SMILES string of the molecule is O=C(NC1CC1)c1ccc(NCc2ccc(N3CCCCCC3)nc2)c([N+](=O)[O-])c1. The molecule has 1 saturated heterocycles. The van der Waals surface area contributed by atoms with Gasteiger partial charge in [-0.3, -0.25) is 14.9 Å². The number of rotatable bonds is 7. The molecule has 1 aromatic carbocycles. The van der Waals surface area contributed by atoms with Crippen LogP contribution in [-0.4, -0.2) is 34.9 Å². The third kappa shape index (κ3) is 5.06. The zero-order valence-electron chi connectivity index (χ0n) is 17.0. The van der Waals surface area contributed by atoms with E-state index in [2.05, 4.69) is 20.5 Å². The quantitative estimate of drug-likeness (QED) is 0.532. The van der Waals surface area contributed by atoms with Crippen LogP contribution in [-0.2, 0) is 6.54 Å². The summed E-state index contributed by atoms with van der Waals surface area (Å²) in [4.78, 5) is 30.1. The summed E-state index contributed by atoms with van der Waals surface area (Å²) in [6.45, 7) is 2.50. The lowest BCUT2D eigenvalue weighted by molar-refractivity contribution is -0.384. The van der Waals surface area contributed by atoms with E-state index in [-0.39, 0.29) is 17.6 Å². The van der Waals surface area contributed by atoms with Crippen LogP contribution in [0, 0.1) is 10.1 Å². The van der Waals surface area contributed by atoms with E-state index in [4.69, 9.17) is 0 Å². The molecular weight excluding hydrogens is 382 g/mol. The number of nitrogens with one attached hydrogen (secondary N) is 2. The van der Waals surface area contributed by atoms with Crippen LogP contribution < -0.4 is 15.5 Å². The van der Waals surface area contributed by atoms with Gasteiger partial charge in [-0.25, -0.2) is 4.98 Å². The second-order valence-electron chi connectivity index (χ2n) is 8.02. The molecule has 2 N–H and O–H groups in total. The van der Waals surface area contributed by atoms with Crippen molar-refractivity contribution in [3.8, 4) is 0 Å². The molecule has 0 bridgehead atoms. The number of aromatic nitrogens is 1. The topological polar surface area (TPSA) is 100 Å². The van der Waals surface area contributed by atoms with Crippen molar-refractivity contribution in [2.45, 2.75) is 51.1 Å². The average molecular weight is 409 g/mol. The van der Waals surface area contributed by atoms with Crippen molar-refractivity contribution in [1.29, 1.82) is 0 Å². The maximum absolute atomic E-state index is 12.2. The van der Waals surface area contributed by atoms with Crippen LogP contribution in [0.2, 0.25) is 0 Å². The standard InChI is InChI=1S/C22H27N5O3/c28-22(25-18-7-8-18)17-6-9-19(20(13-17)27(29)30)23-14-16-5-10-21(24-15-16)26-11-3-1-2-4-12-26/h5-6,9-10,13,15,18,23H,1-4,7-8,11-12,14H2,(H,25,28). The van der Waals surface area contributed by atoms with Crippen molar-refractivity contribution in [1.82, 2.24) is 10.3 Å². The molecule has 1 aromatic heterocycles. The van der Waals surface area contributed by atoms with E-state index in [0.717, 1.165) is 37.3 Å². The highest BCUT2D eigenvalue weighted by atomic mass is 16.6. The van der Waals surface area contributed by atoms with E-state index in [1.165, 1.54) is 31.7 Å². The normalized spacial score (nSPS) is 16.6. The first kappa shape index (κ1) is 20.1. The molecule has 158 valence electrons. The number of nitro groups is 1. The predicted octanol–water partition coefficient (Wildman–Crippen LogP) is 3.87. The van der Waals surface area contributed by atoms with Crippen LogP contribution in [0.5, 0.6) is 0 Å². The van der Waals surface area contributed by atoms with Gasteiger partial charge in [0.15, 0.2) is 0 Å². The predicted molar refractivity (Wildman–Crippen MR) is 116 cm³/mol. The average Bonchev–Trinajstić information content (AvgIpc) is 3.59. The molecule has 1 aliphatic carbocycles. The Bertz CT molecular complexity index is 903. The molecule has 1 aliphatic heterocycles. The zero-order chi connectivity index (χ0) is 20.9. The first-order chi connectivity index (χ1) is 14.6. The van der Waals surface area contributed by atoms with Crippen LogP contribution in [0.15, 0.2) is 36.5 Å². The second-order valence-corrected chi connectivity index (χ2v) is 8.02. The largest absolute Gasteiger partial charge is 0.375 e. The molecule has 2 aliphatic rings. The van der Waals surface area contributed by atoms with Crippen LogP contribution in [0.25, 0.3) is 0 Å². The highest BCUT2D eigenvalue weighted by Gasteiger charge is 2.25. The Balaban J connectivity index is 1.41. The molecule has 4 rings (SSSR count). The minimum Gasteiger partial charge on any atom is -0.375 e. The lowest BCUT2D eigenvalue weighted by atomic mass is 10.1. The molecule has 8 nitrogen and oxygen atoms in total. The number of hydrogen-bond acceptors (Lipinski definition) is 6. The number of benzene rings is 1. The zero-order valence-corrected chi connectivity index (χ0v) is 17.0. The molecule has 1 amide bonds. The Morgan fingerprint density at radius 3 is 2.53 bits per heavy atom. The molecular formula is C22H27N5O3. The smallest absolute Gasteiger partial charge is 0.293 e. The molecule has 0 radical (unpaired) electrons. The lowest BCUT2D eigenvalue weighted by Crippen LogP contribution is -2.25. The molecule has 0 atom stereocenters. The monoisotopic (exact) mass is 409 g/mol. The number of pyridine rings is 1. The Hall–Kier alpha value is -3.16. The Labute approximate surface area is 175 Å². The van der Waals surface area contributed by atoms with Crippen LogP contribution in [0.3, 0.4) is 0 Å². The van der Waals surface area contributed by atoms with Gasteiger partial charge in [-0.2, -0.15) is 0 Å². The summed E-state index contributed by atoms with van der Waals surface area (Å²) >= 11 is 0. The summed E-state index contributed by atoms with van der Waals surface area (Å²) in [6.07, 6.45) is 8.70. The molecule has 2 fully saturated rings. The van der Waals surface area contributed by atoms with Crippen molar-refractivity contribution in [3.05, 3.63) is 57.8 Å². The number of anilines is 2. The van der Waals surface area contributed by atoms with Crippen molar-refractivity contribution in [3.63, 3.8) is 0 Å². The Morgan fingerprint density at radius 2 is 1.90 bits per heavy atom. The van der Waals surface area contributed by atoms with Gasteiger partial charge in [-0.05, 0) is 49.4 Å². The van der Waals surface area contributed by atoms with E-state index in [0.29, 0.717) is 17.8 Å². The van der Waals surface area contributed by atoms with E-state index in [9.17, 15) is 14.9 Å². The molecule has 30 heavy (non-hydrogen) atoms. The molecule has 2 heterocycles. The maximum Gasteiger partial charge on any atom is 0.293 e. The fourth-order valence-electron chi connectivity index (χ4n) is 3.68. The minimum absolute atomic E-state index is 0.104. The van der Waals surface area contributed by atoms with Crippen molar-refractivity contribution >= 4 is 23.1 Å². The summed E-state index contributed by atoms with van der Waals surface area (Å²) in [7, 11) is 0. The van der Waals surface area contributed by atoms with Crippen LogP contribution >= 0.6 is 0 Å². The van der Waals surface area contributed by atoms with Gasteiger partial charge in [0.25, 0.3) is 11.6 Å². The first-order valence-corrected chi connectivity index (χ1v) is 10.6. The van der Waals surface area contributed by atoms with Gasteiger partial charge in [0.1, 0.15) is 11.5 Å². The molecule has 0 unspecified atom stereocenters. The molecule has 8 heteroatoms. The summed E-state index contributed by atoms with van der Waals surface area (Å²) in [5, 5.41) is 17.5. The van der Waals surface area contributed by atoms with E-state index >= 15 is 0 Å². The fraction of sp³-hybridized carbons (Fsp3) is 0.455. The van der Waals surface area contributed by atoms with Crippen molar-refractivity contribution in [2.75, 3.05) is 23.3 Å². The Kier molecular flexibility index (Phi) is 6.11. The maximum atomic E-state index is 12.2.